The standard InChI is InChI=1S/C11H12N4O2/c1-2-15-7-8(6-13-15)14-11(17)10-9(16)4-3-5-12-10/h3-7,16H,2H2,1H3,(H,14,17). The molecule has 0 unspecified atom stereocenters. The largest absolute Gasteiger partial charge is 0.505 e. The van der Waals surface area contributed by atoms with Crippen molar-refractivity contribution in [3.8, 4) is 5.75 Å². The van der Waals surface area contributed by atoms with Gasteiger partial charge in [0.05, 0.1) is 11.9 Å². The van der Waals surface area contributed by atoms with Gasteiger partial charge in [-0.25, -0.2) is 4.98 Å². The second kappa shape index (κ2) is 4.65. The Morgan fingerprint density at radius 1 is 1.59 bits per heavy atom. The third-order valence-electron chi connectivity index (χ3n) is 2.22. The van der Waals surface area contributed by atoms with Crippen molar-refractivity contribution in [3.63, 3.8) is 0 Å². The maximum atomic E-state index is 11.8. The van der Waals surface area contributed by atoms with Crippen LogP contribution in [0, 0.1) is 0 Å². The summed E-state index contributed by atoms with van der Waals surface area (Å²) in [5.41, 5.74) is 0.568. The molecule has 17 heavy (non-hydrogen) atoms. The average Bonchev–Trinajstić information content (AvgIpc) is 2.77. The van der Waals surface area contributed by atoms with E-state index in [9.17, 15) is 9.90 Å². The van der Waals surface area contributed by atoms with E-state index in [4.69, 9.17) is 0 Å². The van der Waals surface area contributed by atoms with Crippen LogP contribution in [0.2, 0.25) is 0 Å². The van der Waals surface area contributed by atoms with Crippen molar-refractivity contribution in [1.29, 1.82) is 0 Å². The van der Waals surface area contributed by atoms with Gasteiger partial charge in [0.1, 0.15) is 5.75 Å². The number of hydrogen-bond donors (Lipinski definition) is 2. The van der Waals surface area contributed by atoms with Crippen LogP contribution in [0.25, 0.3) is 0 Å². The Hall–Kier alpha value is -2.37. The molecule has 2 rings (SSSR count). The molecule has 2 aromatic heterocycles. The lowest BCUT2D eigenvalue weighted by molar-refractivity contribution is 0.101. The Kier molecular flexibility index (Phi) is 3.04. The van der Waals surface area contributed by atoms with E-state index < -0.39 is 5.91 Å². The van der Waals surface area contributed by atoms with E-state index in [-0.39, 0.29) is 11.4 Å². The number of anilines is 1. The van der Waals surface area contributed by atoms with Crippen LogP contribution in [0.15, 0.2) is 30.7 Å². The molecule has 0 aliphatic carbocycles. The maximum absolute atomic E-state index is 11.8. The molecule has 0 aromatic carbocycles. The summed E-state index contributed by atoms with van der Waals surface area (Å²) in [5.74, 6) is -0.605. The van der Waals surface area contributed by atoms with Crippen molar-refractivity contribution in [2.45, 2.75) is 13.5 Å². The molecule has 2 heterocycles. The number of pyridine rings is 1. The van der Waals surface area contributed by atoms with Crippen molar-refractivity contribution < 1.29 is 9.90 Å². The Labute approximate surface area is 97.9 Å². The first-order valence-corrected chi connectivity index (χ1v) is 5.18. The van der Waals surface area contributed by atoms with Crippen LogP contribution in [0.3, 0.4) is 0 Å². The van der Waals surface area contributed by atoms with E-state index >= 15 is 0 Å². The van der Waals surface area contributed by atoms with Crippen LogP contribution in [0.5, 0.6) is 5.75 Å². The van der Waals surface area contributed by atoms with E-state index in [1.807, 2.05) is 6.92 Å². The molecule has 6 nitrogen and oxygen atoms in total. The number of carbonyl (C=O) groups is 1. The fraction of sp³-hybridized carbons (Fsp3) is 0.182. The molecule has 6 heteroatoms. The monoisotopic (exact) mass is 232 g/mol. The summed E-state index contributed by atoms with van der Waals surface area (Å²) >= 11 is 0. The lowest BCUT2D eigenvalue weighted by Gasteiger charge is -2.02. The molecule has 0 aliphatic heterocycles. The van der Waals surface area contributed by atoms with Crippen molar-refractivity contribution in [3.05, 3.63) is 36.4 Å². The first kappa shape index (κ1) is 11.1. The van der Waals surface area contributed by atoms with Gasteiger partial charge in [0.25, 0.3) is 5.91 Å². The summed E-state index contributed by atoms with van der Waals surface area (Å²) in [5, 5.41) is 16.1. The number of aromatic hydroxyl groups is 1. The molecule has 0 saturated heterocycles. The van der Waals surface area contributed by atoms with Gasteiger partial charge in [-0.2, -0.15) is 5.10 Å². The van der Waals surface area contributed by atoms with Gasteiger partial charge in [0.2, 0.25) is 0 Å². The summed E-state index contributed by atoms with van der Waals surface area (Å²) in [6.45, 7) is 2.67. The Morgan fingerprint density at radius 2 is 2.41 bits per heavy atom. The molecular weight excluding hydrogens is 220 g/mol. The van der Waals surface area contributed by atoms with Crippen LogP contribution in [0.4, 0.5) is 5.69 Å². The zero-order valence-corrected chi connectivity index (χ0v) is 9.29. The van der Waals surface area contributed by atoms with Crippen molar-refractivity contribution in [2.24, 2.45) is 0 Å². The minimum Gasteiger partial charge on any atom is -0.505 e. The number of amides is 1. The minimum atomic E-state index is -0.459. The first-order valence-electron chi connectivity index (χ1n) is 5.18. The topological polar surface area (TPSA) is 80.0 Å². The highest BCUT2D eigenvalue weighted by Gasteiger charge is 2.12. The normalized spacial score (nSPS) is 10.2. The molecule has 1 amide bonds. The number of nitrogens with zero attached hydrogens (tertiary/aromatic N) is 3. The molecule has 0 saturated carbocycles. The number of aromatic nitrogens is 3. The van der Waals surface area contributed by atoms with Crippen LogP contribution in [-0.2, 0) is 6.54 Å². The number of aryl methyl sites for hydroxylation is 1. The minimum absolute atomic E-state index is 0.00301. The predicted molar refractivity (Wildman–Crippen MR) is 61.8 cm³/mol. The Balaban J connectivity index is 2.14. The summed E-state index contributed by atoms with van der Waals surface area (Å²) in [4.78, 5) is 15.6. The van der Waals surface area contributed by atoms with Gasteiger partial charge in [-0.15, -0.1) is 0 Å². The first-order chi connectivity index (χ1) is 8.20. The molecule has 0 aliphatic rings. The molecule has 2 aromatic rings. The van der Waals surface area contributed by atoms with Crippen LogP contribution >= 0.6 is 0 Å². The number of rotatable bonds is 3. The predicted octanol–water partition coefficient (Wildman–Crippen LogP) is 1.26. The molecule has 0 spiro atoms. The lowest BCUT2D eigenvalue weighted by atomic mass is 10.3. The van der Waals surface area contributed by atoms with Crippen LogP contribution in [0.1, 0.15) is 17.4 Å². The van der Waals surface area contributed by atoms with Crippen molar-refractivity contribution in [1.82, 2.24) is 14.8 Å². The smallest absolute Gasteiger partial charge is 0.278 e. The SMILES string of the molecule is CCn1cc(NC(=O)c2ncccc2O)cn1. The van der Waals surface area contributed by atoms with E-state index in [2.05, 4.69) is 15.4 Å². The molecule has 0 radical (unpaired) electrons. The zero-order valence-electron chi connectivity index (χ0n) is 9.29. The fourth-order valence-corrected chi connectivity index (χ4v) is 1.36. The van der Waals surface area contributed by atoms with Gasteiger partial charge >= 0.3 is 0 Å². The second-order valence-corrected chi connectivity index (χ2v) is 3.41. The van der Waals surface area contributed by atoms with Gasteiger partial charge in [-0.1, -0.05) is 0 Å². The summed E-state index contributed by atoms with van der Waals surface area (Å²) in [6, 6.07) is 2.97. The lowest BCUT2D eigenvalue weighted by Crippen LogP contribution is -2.13. The van der Waals surface area contributed by atoms with Gasteiger partial charge < -0.3 is 10.4 Å². The van der Waals surface area contributed by atoms with Gasteiger partial charge in [-0.05, 0) is 19.1 Å². The van der Waals surface area contributed by atoms with E-state index in [1.54, 1.807) is 23.1 Å². The summed E-state index contributed by atoms with van der Waals surface area (Å²) in [7, 11) is 0. The number of nitrogens with one attached hydrogen (secondary N) is 1. The van der Waals surface area contributed by atoms with Crippen molar-refractivity contribution in [2.75, 3.05) is 5.32 Å². The molecule has 0 fully saturated rings. The highest BCUT2D eigenvalue weighted by molar-refractivity contribution is 6.04. The highest BCUT2D eigenvalue weighted by atomic mass is 16.3. The fourth-order valence-electron chi connectivity index (χ4n) is 1.36. The van der Waals surface area contributed by atoms with Gasteiger partial charge in [0, 0.05) is 18.9 Å². The zero-order chi connectivity index (χ0) is 12.3. The van der Waals surface area contributed by atoms with Gasteiger partial charge in [0.15, 0.2) is 5.69 Å². The highest BCUT2D eigenvalue weighted by Crippen LogP contribution is 2.14. The number of carbonyl (C=O) groups excluding carboxylic acids is 1. The third-order valence-corrected chi connectivity index (χ3v) is 2.22. The van der Waals surface area contributed by atoms with Crippen molar-refractivity contribution >= 4 is 11.6 Å². The van der Waals surface area contributed by atoms with E-state index in [0.29, 0.717) is 5.69 Å². The molecular formula is C11H12N4O2. The average molecular weight is 232 g/mol. The molecule has 2 N–H and O–H groups in total. The summed E-state index contributed by atoms with van der Waals surface area (Å²) in [6.07, 6.45) is 4.70. The van der Waals surface area contributed by atoms with Crippen LogP contribution < -0.4 is 5.32 Å². The van der Waals surface area contributed by atoms with E-state index in [0.717, 1.165) is 6.54 Å². The molecule has 0 atom stereocenters. The molecule has 88 valence electrons. The number of hydrogen-bond acceptors (Lipinski definition) is 4. The summed E-state index contributed by atoms with van der Waals surface area (Å²) < 4.78 is 1.69. The second-order valence-electron chi connectivity index (χ2n) is 3.41. The Bertz CT molecular complexity index is 536. The quantitative estimate of drug-likeness (QED) is 0.834. The maximum Gasteiger partial charge on any atom is 0.278 e. The van der Waals surface area contributed by atoms with Gasteiger partial charge in [-0.3, -0.25) is 9.48 Å². The third kappa shape index (κ3) is 2.41. The van der Waals surface area contributed by atoms with E-state index in [1.165, 1.54) is 12.3 Å². The molecule has 0 bridgehead atoms. The Morgan fingerprint density at radius 3 is 3.06 bits per heavy atom. The van der Waals surface area contributed by atoms with Crippen LogP contribution in [-0.4, -0.2) is 25.8 Å².